The summed E-state index contributed by atoms with van der Waals surface area (Å²) in [4.78, 5) is 0. The van der Waals surface area contributed by atoms with Crippen molar-refractivity contribution in [2.24, 2.45) is 5.73 Å². The Labute approximate surface area is 127 Å². The Morgan fingerprint density at radius 3 is 2.64 bits per heavy atom. The van der Waals surface area contributed by atoms with E-state index < -0.39 is 5.95 Å². The van der Waals surface area contributed by atoms with Crippen LogP contribution in [0.25, 0.3) is 16.5 Å². The summed E-state index contributed by atoms with van der Waals surface area (Å²) in [6.45, 7) is 5.05. The lowest BCUT2D eigenvalue weighted by Crippen LogP contribution is -2.10. The lowest BCUT2D eigenvalue weighted by atomic mass is 9.98. The number of nitrogens with two attached hydrogens (primary N) is 1. The van der Waals surface area contributed by atoms with Crippen molar-refractivity contribution in [3.8, 4) is 5.75 Å². The van der Waals surface area contributed by atoms with Gasteiger partial charge in [-0.3, -0.25) is 5.10 Å². The molecule has 2 aromatic carbocycles. The molecular formula is C17H16FN3O. The highest BCUT2D eigenvalue weighted by atomic mass is 19.1. The van der Waals surface area contributed by atoms with E-state index in [0.717, 1.165) is 22.4 Å². The number of ether oxygens (including phenoxy) is 1. The van der Waals surface area contributed by atoms with Crippen LogP contribution in [0, 0.1) is 5.95 Å². The molecule has 0 aliphatic rings. The Bertz CT molecular complexity index is 808. The van der Waals surface area contributed by atoms with Gasteiger partial charge in [-0.25, -0.2) is 0 Å². The lowest BCUT2D eigenvalue weighted by molar-refractivity contribution is 0.328. The molecule has 0 saturated heterocycles. The Morgan fingerprint density at radius 1 is 1.18 bits per heavy atom. The van der Waals surface area contributed by atoms with Gasteiger partial charge in [-0.15, -0.1) is 0 Å². The first-order valence-electron chi connectivity index (χ1n) is 6.95. The summed E-state index contributed by atoms with van der Waals surface area (Å²) in [6.07, 6.45) is 0. The molecule has 112 valence electrons. The fourth-order valence-electron chi connectivity index (χ4n) is 2.26. The van der Waals surface area contributed by atoms with Crippen LogP contribution in [0.2, 0.25) is 0 Å². The van der Waals surface area contributed by atoms with Gasteiger partial charge < -0.3 is 10.5 Å². The third kappa shape index (κ3) is 2.71. The maximum Gasteiger partial charge on any atom is 0.216 e. The third-order valence-corrected chi connectivity index (χ3v) is 3.45. The minimum Gasteiger partial charge on any atom is -0.492 e. The van der Waals surface area contributed by atoms with Crippen LogP contribution in [0.3, 0.4) is 0 Å². The summed E-state index contributed by atoms with van der Waals surface area (Å²) in [7, 11) is 0. The van der Waals surface area contributed by atoms with Crippen molar-refractivity contribution in [1.29, 1.82) is 0 Å². The third-order valence-electron chi connectivity index (χ3n) is 3.45. The molecule has 22 heavy (non-hydrogen) atoms. The number of nitrogens with zero attached hydrogens (tertiary/aromatic N) is 1. The van der Waals surface area contributed by atoms with E-state index in [-0.39, 0.29) is 0 Å². The van der Waals surface area contributed by atoms with E-state index in [1.807, 2.05) is 30.3 Å². The normalized spacial score (nSPS) is 10.8. The van der Waals surface area contributed by atoms with Crippen LogP contribution in [-0.2, 0) is 0 Å². The summed E-state index contributed by atoms with van der Waals surface area (Å²) in [5.74, 6) is 0.327. The molecule has 0 unspecified atom stereocenters. The summed E-state index contributed by atoms with van der Waals surface area (Å²) >= 11 is 0. The van der Waals surface area contributed by atoms with Crippen LogP contribution in [0.15, 0.2) is 49.0 Å². The molecule has 3 aromatic rings. The average Bonchev–Trinajstić information content (AvgIpc) is 2.93. The van der Waals surface area contributed by atoms with E-state index in [1.54, 1.807) is 12.1 Å². The van der Waals surface area contributed by atoms with Gasteiger partial charge in [-0.2, -0.15) is 9.49 Å². The molecule has 0 atom stereocenters. The fourth-order valence-corrected chi connectivity index (χ4v) is 2.26. The number of nitrogens with one attached hydrogen (secondary N) is 1. The summed E-state index contributed by atoms with van der Waals surface area (Å²) in [5, 5.41) is 6.67. The molecule has 1 heterocycles. The number of H-pyrrole nitrogens is 1. The molecule has 5 heteroatoms. The maximum atomic E-state index is 13.6. The van der Waals surface area contributed by atoms with E-state index in [0.29, 0.717) is 24.1 Å². The maximum absolute atomic E-state index is 13.6. The van der Waals surface area contributed by atoms with Crippen LogP contribution >= 0.6 is 0 Å². The minimum absolute atomic E-state index is 0.435. The monoisotopic (exact) mass is 297 g/mol. The lowest BCUT2D eigenvalue weighted by Gasteiger charge is -2.09. The number of aromatic nitrogens is 2. The van der Waals surface area contributed by atoms with Gasteiger partial charge in [0.15, 0.2) is 0 Å². The van der Waals surface area contributed by atoms with Crippen molar-refractivity contribution in [1.82, 2.24) is 10.2 Å². The number of halogens is 1. The van der Waals surface area contributed by atoms with E-state index in [1.165, 1.54) is 0 Å². The Hall–Kier alpha value is -2.66. The second-order valence-corrected chi connectivity index (χ2v) is 4.91. The van der Waals surface area contributed by atoms with Crippen molar-refractivity contribution in [3.05, 3.63) is 66.1 Å². The quantitative estimate of drug-likeness (QED) is 0.760. The predicted octanol–water partition coefficient (Wildman–Crippen LogP) is 3.10. The largest absolute Gasteiger partial charge is 0.492 e. The van der Waals surface area contributed by atoms with Gasteiger partial charge in [-0.1, -0.05) is 24.8 Å². The average molecular weight is 297 g/mol. The highest BCUT2D eigenvalue weighted by Crippen LogP contribution is 2.26. The standard InChI is InChI=1S/C17H16FN3O/c1-11(12-2-5-14(6-3-12)22-9-8-19)13-4-7-16-15(10-13)17(18)21-20-16/h2-7,10H,1,8-9,19H2,(H,20,21). The van der Waals surface area contributed by atoms with Crippen molar-refractivity contribution in [2.45, 2.75) is 0 Å². The molecule has 0 fully saturated rings. The van der Waals surface area contributed by atoms with Crippen LogP contribution in [0.1, 0.15) is 11.1 Å². The molecule has 0 bridgehead atoms. The predicted molar refractivity (Wildman–Crippen MR) is 85.2 cm³/mol. The van der Waals surface area contributed by atoms with Crippen LogP contribution in [0.5, 0.6) is 5.75 Å². The number of benzene rings is 2. The molecule has 0 aliphatic heterocycles. The summed E-state index contributed by atoms with van der Waals surface area (Å²) < 4.78 is 19.0. The number of fused-ring (bicyclic) bond motifs is 1. The van der Waals surface area contributed by atoms with E-state index in [4.69, 9.17) is 10.5 Å². The van der Waals surface area contributed by atoms with E-state index >= 15 is 0 Å². The van der Waals surface area contributed by atoms with Gasteiger partial charge in [0.2, 0.25) is 5.95 Å². The van der Waals surface area contributed by atoms with Crippen molar-refractivity contribution in [2.75, 3.05) is 13.2 Å². The molecule has 3 rings (SSSR count). The first kappa shape index (κ1) is 14.3. The SMILES string of the molecule is C=C(c1ccc(OCCN)cc1)c1ccc2n[nH]c(F)c2c1. The smallest absolute Gasteiger partial charge is 0.216 e. The summed E-state index contributed by atoms with van der Waals surface area (Å²) in [5.41, 5.74) is 8.61. The highest BCUT2D eigenvalue weighted by Gasteiger charge is 2.08. The van der Waals surface area contributed by atoms with Crippen molar-refractivity contribution >= 4 is 16.5 Å². The first-order valence-corrected chi connectivity index (χ1v) is 6.95. The Balaban J connectivity index is 1.86. The van der Waals surface area contributed by atoms with Gasteiger partial charge in [0.1, 0.15) is 12.4 Å². The van der Waals surface area contributed by atoms with Crippen LogP contribution < -0.4 is 10.5 Å². The minimum atomic E-state index is -0.435. The molecule has 3 N–H and O–H groups in total. The van der Waals surface area contributed by atoms with Crippen LogP contribution in [-0.4, -0.2) is 23.3 Å². The van der Waals surface area contributed by atoms with Crippen LogP contribution in [0.4, 0.5) is 4.39 Å². The zero-order valence-electron chi connectivity index (χ0n) is 12.0. The molecule has 0 amide bonds. The van der Waals surface area contributed by atoms with Gasteiger partial charge >= 0.3 is 0 Å². The van der Waals surface area contributed by atoms with Crippen molar-refractivity contribution in [3.63, 3.8) is 0 Å². The van der Waals surface area contributed by atoms with E-state index in [9.17, 15) is 4.39 Å². The van der Waals surface area contributed by atoms with Gasteiger partial charge in [-0.05, 0) is 41.0 Å². The summed E-state index contributed by atoms with van der Waals surface area (Å²) in [6, 6.07) is 13.0. The van der Waals surface area contributed by atoms with Gasteiger partial charge in [0, 0.05) is 6.54 Å². The zero-order chi connectivity index (χ0) is 15.5. The van der Waals surface area contributed by atoms with Crippen molar-refractivity contribution < 1.29 is 9.13 Å². The second-order valence-electron chi connectivity index (χ2n) is 4.91. The molecule has 0 spiro atoms. The second kappa shape index (κ2) is 5.99. The topological polar surface area (TPSA) is 63.9 Å². The number of hydrogen-bond donors (Lipinski definition) is 2. The number of aromatic amines is 1. The number of rotatable bonds is 5. The molecule has 0 saturated carbocycles. The highest BCUT2D eigenvalue weighted by molar-refractivity contribution is 5.87. The first-order chi connectivity index (χ1) is 10.7. The molecular weight excluding hydrogens is 281 g/mol. The molecule has 1 aromatic heterocycles. The van der Waals surface area contributed by atoms with E-state index in [2.05, 4.69) is 16.8 Å². The zero-order valence-corrected chi connectivity index (χ0v) is 12.0. The van der Waals surface area contributed by atoms with Gasteiger partial charge in [0.05, 0.1) is 10.9 Å². The Morgan fingerprint density at radius 2 is 1.91 bits per heavy atom. The fraction of sp³-hybridized carbons (Fsp3) is 0.118. The molecule has 4 nitrogen and oxygen atoms in total. The molecule has 0 radical (unpaired) electrons. The molecule has 0 aliphatic carbocycles. The number of hydrogen-bond acceptors (Lipinski definition) is 3. The van der Waals surface area contributed by atoms with Gasteiger partial charge in [0.25, 0.3) is 0 Å². The Kier molecular flexibility index (Phi) is 3.89.